The zero-order valence-corrected chi connectivity index (χ0v) is 30.5. The van der Waals surface area contributed by atoms with Gasteiger partial charge in [0.2, 0.25) is 11.8 Å². The summed E-state index contributed by atoms with van der Waals surface area (Å²) in [6.45, 7) is 2.66. The van der Waals surface area contributed by atoms with E-state index in [9.17, 15) is 28.1 Å². The van der Waals surface area contributed by atoms with E-state index in [1.165, 1.54) is 55.3 Å². The van der Waals surface area contributed by atoms with Crippen molar-refractivity contribution in [2.24, 2.45) is 0 Å². The third-order valence-electron chi connectivity index (χ3n) is 7.83. The minimum Gasteiger partial charge on any atom is -0.495 e. The van der Waals surface area contributed by atoms with Crippen molar-refractivity contribution in [1.82, 2.24) is 10.2 Å². The van der Waals surface area contributed by atoms with Crippen LogP contribution in [0.3, 0.4) is 0 Å². The van der Waals surface area contributed by atoms with Crippen molar-refractivity contribution in [3.8, 4) is 5.75 Å². The van der Waals surface area contributed by atoms with Crippen molar-refractivity contribution in [1.29, 1.82) is 0 Å². The summed E-state index contributed by atoms with van der Waals surface area (Å²) in [6.07, 6.45) is 0.717. The molecule has 0 spiro atoms. The minimum absolute atomic E-state index is 0.0567. The molecule has 0 aliphatic heterocycles. The molecule has 0 heterocycles. The number of nitro benzene ring substituents is 1. The molecule has 4 rings (SSSR count). The Morgan fingerprint density at radius 2 is 1.64 bits per heavy atom. The number of methoxy groups -OCH3 is 1. The monoisotopic (exact) mass is 760 g/mol. The number of hydrogen-bond acceptors (Lipinski definition) is 7. The summed E-state index contributed by atoms with van der Waals surface area (Å²) in [4.78, 5) is 40.5. The normalized spacial score (nSPS) is 11.8. The maximum atomic E-state index is 14.7. The second kappa shape index (κ2) is 17.0. The SMILES string of the molecule is CCCNC(=O)[C@@H](Cc1ccccc1)N(Cc1ccc(Cl)cc1Cl)C(=O)CN(c1cc(Cl)ccc1OC)S(=O)(=O)c1ccc(C)c([N+](=O)[O-])c1. The van der Waals surface area contributed by atoms with Crippen LogP contribution in [0.1, 0.15) is 30.0 Å². The molecule has 0 radical (unpaired) electrons. The van der Waals surface area contributed by atoms with Crippen LogP contribution in [0.15, 0.2) is 89.8 Å². The van der Waals surface area contributed by atoms with Gasteiger partial charge >= 0.3 is 0 Å². The molecule has 0 saturated carbocycles. The van der Waals surface area contributed by atoms with E-state index >= 15 is 0 Å². The summed E-state index contributed by atoms with van der Waals surface area (Å²) in [6, 6.07) is 20.3. The van der Waals surface area contributed by atoms with E-state index in [0.29, 0.717) is 23.6 Å². The fourth-order valence-corrected chi connectivity index (χ4v) is 7.27. The van der Waals surface area contributed by atoms with Gasteiger partial charge in [-0.1, -0.05) is 84.2 Å². The van der Waals surface area contributed by atoms with E-state index in [2.05, 4.69) is 5.32 Å². The Bertz CT molecular complexity index is 1980. The van der Waals surface area contributed by atoms with Gasteiger partial charge < -0.3 is 15.0 Å². The molecule has 0 fully saturated rings. The Labute approximate surface area is 305 Å². The fourth-order valence-electron chi connectivity index (χ4n) is 5.20. The molecule has 11 nitrogen and oxygen atoms in total. The molecule has 0 unspecified atom stereocenters. The third-order valence-corrected chi connectivity index (χ3v) is 10.4. The quantitative estimate of drug-likeness (QED) is 0.0996. The minimum atomic E-state index is -4.71. The van der Waals surface area contributed by atoms with Crippen LogP contribution in [0.25, 0.3) is 0 Å². The molecule has 1 N–H and O–H groups in total. The summed E-state index contributed by atoms with van der Waals surface area (Å²) in [5.74, 6) is -1.19. The number of hydrogen-bond donors (Lipinski definition) is 1. The van der Waals surface area contributed by atoms with Gasteiger partial charge in [-0.3, -0.25) is 24.0 Å². The molecule has 50 heavy (non-hydrogen) atoms. The fraction of sp³-hybridized carbons (Fsp3) is 0.257. The predicted octanol–water partition coefficient (Wildman–Crippen LogP) is 7.23. The lowest BCUT2D eigenvalue weighted by molar-refractivity contribution is -0.385. The number of amides is 2. The zero-order valence-electron chi connectivity index (χ0n) is 27.4. The molecule has 4 aromatic rings. The van der Waals surface area contributed by atoms with Crippen molar-refractivity contribution in [2.45, 2.75) is 44.2 Å². The van der Waals surface area contributed by atoms with Gasteiger partial charge in [-0.25, -0.2) is 8.42 Å². The van der Waals surface area contributed by atoms with Gasteiger partial charge in [-0.15, -0.1) is 0 Å². The van der Waals surface area contributed by atoms with Crippen molar-refractivity contribution in [3.63, 3.8) is 0 Å². The maximum Gasteiger partial charge on any atom is 0.273 e. The second-order valence-electron chi connectivity index (χ2n) is 11.3. The van der Waals surface area contributed by atoms with Gasteiger partial charge in [-0.05, 0) is 60.9 Å². The number of carbonyl (C=O) groups excluding carboxylic acids is 2. The van der Waals surface area contributed by atoms with E-state index in [4.69, 9.17) is 39.5 Å². The average Bonchev–Trinajstić information content (AvgIpc) is 3.08. The van der Waals surface area contributed by atoms with Crippen LogP contribution in [-0.4, -0.2) is 56.3 Å². The number of nitrogens with one attached hydrogen (secondary N) is 1. The van der Waals surface area contributed by atoms with E-state index < -0.39 is 49.9 Å². The van der Waals surface area contributed by atoms with Gasteiger partial charge in [0.1, 0.15) is 18.3 Å². The van der Waals surface area contributed by atoms with Gasteiger partial charge in [0.25, 0.3) is 15.7 Å². The van der Waals surface area contributed by atoms with Crippen LogP contribution in [0, 0.1) is 17.0 Å². The molecule has 0 saturated heterocycles. The number of halogens is 3. The number of nitrogens with zero attached hydrogens (tertiary/aromatic N) is 3. The molecule has 0 aliphatic carbocycles. The van der Waals surface area contributed by atoms with E-state index in [-0.39, 0.29) is 40.0 Å². The Balaban J connectivity index is 1.90. The average molecular weight is 762 g/mol. The van der Waals surface area contributed by atoms with E-state index in [1.54, 1.807) is 24.3 Å². The Kier molecular flexibility index (Phi) is 13.1. The van der Waals surface area contributed by atoms with E-state index in [0.717, 1.165) is 15.9 Å². The number of carbonyl (C=O) groups is 2. The van der Waals surface area contributed by atoms with Gasteiger partial charge in [-0.2, -0.15) is 0 Å². The Morgan fingerprint density at radius 1 is 0.960 bits per heavy atom. The molecule has 0 bridgehead atoms. The number of ether oxygens (including phenoxy) is 1. The third kappa shape index (κ3) is 9.25. The summed E-state index contributed by atoms with van der Waals surface area (Å²) in [5.41, 5.74) is 0.914. The molecule has 0 aliphatic rings. The highest BCUT2D eigenvalue weighted by molar-refractivity contribution is 7.92. The maximum absolute atomic E-state index is 14.7. The molecule has 15 heteroatoms. The highest BCUT2D eigenvalue weighted by Gasteiger charge is 2.36. The largest absolute Gasteiger partial charge is 0.495 e. The Hall–Kier alpha value is -4.36. The molecular weight excluding hydrogens is 727 g/mol. The molecule has 2 amide bonds. The number of sulfonamides is 1. The van der Waals surface area contributed by atoms with Crippen LogP contribution in [0.2, 0.25) is 15.1 Å². The smallest absolute Gasteiger partial charge is 0.273 e. The van der Waals surface area contributed by atoms with Crippen LogP contribution in [0.5, 0.6) is 5.75 Å². The van der Waals surface area contributed by atoms with Crippen molar-refractivity contribution in [3.05, 3.63) is 127 Å². The van der Waals surface area contributed by atoms with Gasteiger partial charge in [0.15, 0.2) is 0 Å². The van der Waals surface area contributed by atoms with Crippen molar-refractivity contribution >= 4 is 68.0 Å². The first-order valence-electron chi connectivity index (χ1n) is 15.4. The number of nitro groups is 1. The summed E-state index contributed by atoms with van der Waals surface area (Å²) >= 11 is 19.0. The topological polar surface area (TPSA) is 139 Å². The lowest BCUT2D eigenvalue weighted by atomic mass is 10.0. The standard InChI is InChI=1S/C35H35Cl3N4O7S/c1-4-16-39-35(44)32(17-24-8-6-5-7-9-24)40(21-25-11-12-26(36)18-29(25)38)34(43)22-41(31-19-27(37)13-15-33(31)49-3)50(47,48)28-14-10-23(2)30(20-28)42(45)46/h5-15,18-20,32H,4,16-17,21-22H2,1-3H3,(H,39,44)/t32-/m1/s1. The number of anilines is 1. The Morgan fingerprint density at radius 3 is 2.28 bits per heavy atom. The highest BCUT2D eigenvalue weighted by Crippen LogP contribution is 2.36. The summed E-state index contributed by atoms with van der Waals surface area (Å²) in [5, 5.41) is 15.4. The van der Waals surface area contributed by atoms with Crippen molar-refractivity contribution < 1.29 is 27.7 Å². The van der Waals surface area contributed by atoms with Crippen LogP contribution < -0.4 is 14.4 Å². The number of aryl methyl sites for hydroxylation is 1. The zero-order chi connectivity index (χ0) is 36.6. The van der Waals surface area contributed by atoms with Crippen LogP contribution >= 0.6 is 34.8 Å². The first-order chi connectivity index (χ1) is 23.8. The van der Waals surface area contributed by atoms with Crippen LogP contribution in [-0.2, 0) is 32.6 Å². The molecule has 4 aromatic carbocycles. The van der Waals surface area contributed by atoms with Gasteiger partial charge in [0.05, 0.1) is 22.6 Å². The molecule has 264 valence electrons. The van der Waals surface area contributed by atoms with Crippen molar-refractivity contribution in [2.75, 3.05) is 24.5 Å². The molecule has 1 atom stereocenters. The van der Waals surface area contributed by atoms with Crippen LogP contribution in [0.4, 0.5) is 11.4 Å². The first-order valence-corrected chi connectivity index (χ1v) is 18.0. The summed E-state index contributed by atoms with van der Waals surface area (Å²) in [7, 11) is -3.39. The predicted molar refractivity (Wildman–Crippen MR) is 195 cm³/mol. The lowest BCUT2D eigenvalue weighted by Gasteiger charge is -2.34. The molecule has 0 aromatic heterocycles. The van der Waals surface area contributed by atoms with E-state index in [1.807, 2.05) is 25.1 Å². The molecular formula is C35H35Cl3N4O7S. The first kappa shape index (κ1) is 38.4. The van der Waals surface area contributed by atoms with Gasteiger partial charge in [0, 0.05) is 46.2 Å². The number of benzene rings is 4. The lowest BCUT2D eigenvalue weighted by Crippen LogP contribution is -2.53. The summed E-state index contributed by atoms with van der Waals surface area (Å²) < 4.78 is 35.2. The number of rotatable bonds is 15. The second-order valence-corrected chi connectivity index (χ2v) is 14.4. The highest BCUT2D eigenvalue weighted by atomic mass is 35.5.